The number of carbonyl (C=O) groups excluding carboxylic acids is 2. The normalized spacial score (nSPS) is 10.4. The van der Waals surface area contributed by atoms with Crippen LogP contribution in [0.2, 0.25) is 0 Å². The molecule has 0 spiro atoms. The molecule has 2 amide bonds. The van der Waals surface area contributed by atoms with Gasteiger partial charge in [0.2, 0.25) is 5.91 Å². The van der Waals surface area contributed by atoms with Gasteiger partial charge in [0, 0.05) is 17.3 Å². The van der Waals surface area contributed by atoms with Gasteiger partial charge >= 0.3 is 0 Å². The number of rotatable bonds is 8. The average Bonchev–Trinajstić information content (AvgIpc) is 2.84. The number of methoxy groups -OCH3 is 1. The first-order valence-corrected chi connectivity index (χ1v) is 11.0. The van der Waals surface area contributed by atoms with Gasteiger partial charge in [-0.1, -0.05) is 30.3 Å². The van der Waals surface area contributed by atoms with Crippen LogP contribution in [0.3, 0.4) is 0 Å². The third kappa shape index (κ3) is 6.91. The molecule has 0 aliphatic heterocycles. The van der Waals surface area contributed by atoms with Crippen molar-refractivity contribution in [1.82, 2.24) is 5.32 Å². The fourth-order valence-corrected chi connectivity index (χ4v) is 3.28. The smallest absolute Gasteiger partial charge is 0.257 e. The van der Waals surface area contributed by atoms with E-state index in [0.717, 1.165) is 11.3 Å². The highest BCUT2D eigenvalue weighted by molar-refractivity contribution is 7.80. The molecular weight excluding hydrogens is 450 g/mol. The summed E-state index contributed by atoms with van der Waals surface area (Å²) in [5.74, 6) is 0.639. The molecule has 0 atom stereocenters. The van der Waals surface area contributed by atoms with Crippen LogP contribution in [0.5, 0.6) is 11.5 Å². The van der Waals surface area contributed by atoms with Crippen LogP contribution in [-0.2, 0) is 4.79 Å². The molecule has 0 heterocycles. The summed E-state index contributed by atoms with van der Waals surface area (Å²) < 4.78 is 10.7. The van der Waals surface area contributed by atoms with E-state index in [-0.39, 0.29) is 11.0 Å². The average molecular weight is 476 g/mol. The van der Waals surface area contributed by atoms with E-state index in [4.69, 9.17) is 21.7 Å². The predicted molar refractivity (Wildman–Crippen MR) is 138 cm³/mol. The molecule has 0 aromatic heterocycles. The topological polar surface area (TPSA) is 88.7 Å². The minimum absolute atomic E-state index is 0.0657. The number of benzene rings is 3. The van der Waals surface area contributed by atoms with Crippen LogP contribution in [0.4, 0.5) is 11.4 Å². The second-order valence-corrected chi connectivity index (χ2v) is 7.38. The van der Waals surface area contributed by atoms with Gasteiger partial charge in [0.15, 0.2) is 5.11 Å². The van der Waals surface area contributed by atoms with E-state index in [1.807, 2.05) is 25.1 Å². The minimum Gasteiger partial charge on any atom is -0.496 e. The lowest BCUT2D eigenvalue weighted by Crippen LogP contribution is -2.33. The summed E-state index contributed by atoms with van der Waals surface area (Å²) in [7, 11) is 1.56. The molecule has 0 bridgehead atoms. The number of anilines is 2. The van der Waals surface area contributed by atoms with Gasteiger partial charge in [-0.2, -0.15) is 0 Å². The largest absolute Gasteiger partial charge is 0.496 e. The zero-order valence-corrected chi connectivity index (χ0v) is 19.6. The van der Waals surface area contributed by atoms with Crippen LogP contribution >= 0.6 is 12.2 Å². The van der Waals surface area contributed by atoms with E-state index in [0.29, 0.717) is 29.3 Å². The lowest BCUT2D eigenvalue weighted by Gasteiger charge is -2.13. The van der Waals surface area contributed by atoms with Crippen LogP contribution < -0.4 is 25.4 Å². The van der Waals surface area contributed by atoms with E-state index < -0.39 is 5.91 Å². The number of carbonyl (C=O) groups is 2. The molecule has 34 heavy (non-hydrogen) atoms. The summed E-state index contributed by atoms with van der Waals surface area (Å²) in [6.45, 7) is 2.47. The van der Waals surface area contributed by atoms with Crippen molar-refractivity contribution in [1.29, 1.82) is 0 Å². The maximum atomic E-state index is 12.8. The second-order valence-electron chi connectivity index (χ2n) is 6.98. The number of thiocarbonyl (C=S) groups is 1. The first kappa shape index (κ1) is 24.5. The fraction of sp³-hybridized carbons (Fsp3) is 0.115. The first-order chi connectivity index (χ1) is 16.5. The van der Waals surface area contributed by atoms with E-state index >= 15 is 0 Å². The zero-order chi connectivity index (χ0) is 24.3. The summed E-state index contributed by atoms with van der Waals surface area (Å²) >= 11 is 5.26. The maximum Gasteiger partial charge on any atom is 0.257 e. The number of amides is 2. The van der Waals surface area contributed by atoms with Gasteiger partial charge in [-0.3, -0.25) is 14.9 Å². The molecule has 3 N–H and O–H groups in total. The lowest BCUT2D eigenvalue weighted by atomic mass is 10.1. The van der Waals surface area contributed by atoms with Crippen molar-refractivity contribution in [2.45, 2.75) is 6.92 Å². The Morgan fingerprint density at radius 2 is 1.65 bits per heavy atom. The molecule has 0 fully saturated rings. The second kappa shape index (κ2) is 12.2. The minimum atomic E-state index is -0.417. The Labute approximate surface area is 203 Å². The summed E-state index contributed by atoms with van der Waals surface area (Å²) in [6, 6.07) is 21.3. The van der Waals surface area contributed by atoms with Gasteiger partial charge in [0.25, 0.3) is 5.91 Å². The van der Waals surface area contributed by atoms with Crippen molar-refractivity contribution in [2.75, 3.05) is 24.4 Å². The summed E-state index contributed by atoms with van der Waals surface area (Å²) in [5.41, 5.74) is 2.22. The van der Waals surface area contributed by atoms with Crippen molar-refractivity contribution in [3.05, 3.63) is 90.0 Å². The first-order valence-electron chi connectivity index (χ1n) is 10.6. The molecular formula is C26H25N3O4S. The molecule has 7 nitrogen and oxygen atoms in total. The summed E-state index contributed by atoms with van der Waals surface area (Å²) in [4.78, 5) is 25.1. The number of ether oxygens (including phenoxy) is 2. The Balaban J connectivity index is 1.62. The van der Waals surface area contributed by atoms with Crippen molar-refractivity contribution in [3.63, 3.8) is 0 Å². The van der Waals surface area contributed by atoms with Crippen LogP contribution in [0.25, 0.3) is 6.08 Å². The van der Waals surface area contributed by atoms with E-state index in [9.17, 15) is 9.59 Å². The van der Waals surface area contributed by atoms with Gasteiger partial charge in [0.05, 0.1) is 25.0 Å². The molecule has 0 saturated carbocycles. The van der Waals surface area contributed by atoms with E-state index in [2.05, 4.69) is 16.0 Å². The summed E-state index contributed by atoms with van der Waals surface area (Å²) in [6.07, 6.45) is 2.99. The molecule has 0 aliphatic carbocycles. The third-order valence-electron chi connectivity index (χ3n) is 4.63. The van der Waals surface area contributed by atoms with E-state index in [1.54, 1.807) is 67.8 Å². The molecule has 0 aliphatic rings. The molecule has 3 aromatic carbocycles. The Hall–Kier alpha value is -4.17. The van der Waals surface area contributed by atoms with Gasteiger partial charge in [-0.05, 0) is 67.7 Å². The van der Waals surface area contributed by atoms with Crippen molar-refractivity contribution in [3.8, 4) is 11.5 Å². The van der Waals surface area contributed by atoms with Crippen molar-refractivity contribution >= 4 is 46.6 Å². The Kier molecular flexibility index (Phi) is 8.76. The highest BCUT2D eigenvalue weighted by Gasteiger charge is 2.13. The van der Waals surface area contributed by atoms with Gasteiger partial charge in [-0.25, -0.2) is 0 Å². The quantitative estimate of drug-likeness (QED) is 0.318. The van der Waals surface area contributed by atoms with Crippen LogP contribution in [0, 0.1) is 0 Å². The SMILES string of the molecule is CCOc1ccc(NC(=O)c2ccccc2NC(=S)NC(=O)/C=C/c2ccccc2OC)cc1. The monoisotopic (exact) mass is 475 g/mol. The van der Waals surface area contributed by atoms with Gasteiger partial charge in [0.1, 0.15) is 11.5 Å². The summed E-state index contributed by atoms with van der Waals surface area (Å²) in [5, 5.41) is 8.40. The van der Waals surface area contributed by atoms with E-state index in [1.165, 1.54) is 6.08 Å². The molecule has 0 radical (unpaired) electrons. The van der Waals surface area contributed by atoms with Crippen LogP contribution in [0.1, 0.15) is 22.8 Å². The molecule has 174 valence electrons. The number of para-hydroxylation sites is 2. The zero-order valence-electron chi connectivity index (χ0n) is 18.8. The highest BCUT2D eigenvalue weighted by Crippen LogP contribution is 2.20. The molecule has 8 heteroatoms. The number of nitrogens with one attached hydrogen (secondary N) is 3. The lowest BCUT2D eigenvalue weighted by molar-refractivity contribution is -0.115. The maximum absolute atomic E-state index is 12.8. The van der Waals surface area contributed by atoms with Gasteiger partial charge in [-0.15, -0.1) is 0 Å². The standard InChI is InChI=1S/C26H25N3O4S/c1-3-33-20-15-13-19(14-16-20)27-25(31)21-9-5-6-10-22(21)28-26(34)29-24(30)17-12-18-8-4-7-11-23(18)32-2/h4-17H,3H2,1-2H3,(H,27,31)(H2,28,29,30,34)/b17-12+. The third-order valence-corrected chi connectivity index (χ3v) is 4.84. The Morgan fingerprint density at radius 3 is 2.38 bits per heavy atom. The fourth-order valence-electron chi connectivity index (χ4n) is 3.07. The van der Waals surface area contributed by atoms with Crippen molar-refractivity contribution < 1.29 is 19.1 Å². The Bertz CT molecular complexity index is 1190. The predicted octanol–water partition coefficient (Wildman–Crippen LogP) is 4.87. The highest BCUT2D eigenvalue weighted by atomic mass is 32.1. The van der Waals surface area contributed by atoms with Crippen LogP contribution in [0.15, 0.2) is 78.9 Å². The number of hydrogen-bond acceptors (Lipinski definition) is 5. The molecule has 3 aromatic rings. The molecule has 3 rings (SSSR count). The van der Waals surface area contributed by atoms with Crippen LogP contribution in [-0.4, -0.2) is 30.6 Å². The van der Waals surface area contributed by atoms with Crippen molar-refractivity contribution in [2.24, 2.45) is 0 Å². The van der Waals surface area contributed by atoms with Gasteiger partial charge < -0.3 is 20.1 Å². The Morgan fingerprint density at radius 1 is 0.941 bits per heavy atom. The molecule has 0 unspecified atom stereocenters. The number of hydrogen-bond donors (Lipinski definition) is 3. The molecule has 0 saturated heterocycles.